The monoisotopic (exact) mass is 380 g/mol. The molecular weight excluding hydrogens is 356 g/mol. The summed E-state index contributed by atoms with van der Waals surface area (Å²) in [6.45, 7) is 5.17. The Balaban J connectivity index is 2.09. The summed E-state index contributed by atoms with van der Waals surface area (Å²) in [5.74, 6) is -0.678. The van der Waals surface area contributed by atoms with Crippen molar-refractivity contribution in [3.63, 3.8) is 0 Å². The largest absolute Gasteiger partial charge is 0.444 e. The second kappa shape index (κ2) is 8.08. The molecule has 1 saturated carbocycles. The zero-order valence-corrected chi connectivity index (χ0v) is 16.1. The molecule has 0 aromatic heterocycles. The van der Waals surface area contributed by atoms with Crippen molar-refractivity contribution in [3.8, 4) is 0 Å². The highest BCUT2D eigenvalue weighted by Crippen LogP contribution is 2.26. The first-order chi connectivity index (χ1) is 12.1. The number of primary amides is 1. The second-order valence-corrected chi connectivity index (χ2v) is 7.86. The molecule has 2 amide bonds. The average molecular weight is 381 g/mol. The fourth-order valence-electron chi connectivity index (χ4n) is 2.98. The zero-order valence-electron chi connectivity index (χ0n) is 15.3. The van der Waals surface area contributed by atoms with Crippen LogP contribution >= 0.6 is 11.6 Å². The minimum absolute atomic E-state index is 0.0612. The fraction of sp³-hybridized carbons (Fsp3) is 0.526. The Labute approximate surface area is 158 Å². The first kappa shape index (κ1) is 20.2. The Bertz CT molecular complexity index is 713. The van der Waals surface area contributed by atoms with Gasteiger partial charge in [-0.2, -0.15) is 0 Å². The molecule has 0 aliphatic heterocycles. The third-order valence-electron chi connectivity index (χ3n) is 4.33. The van der Waals surface area contributed by atoms with E-state index in [1.807, 2.05) is 0 Å². The molecule has 1 fully saturated rings. The lowest BCUT2D eigenvalue weighted by Crippen LogP contribution is -2.35. The Morgan fingerprint density at radius 3 is 2.58 bits per heavy atom. The highest BCUT2D eigenvalue weighted by Gasteiger charge is 2.30. The number of nitrogens with two attached hydrogens (primary N) is 1. The van der Waals surface area contributed by atoms with Crippen LogP contribution in [-0.4, -0.2) is 29.4 Å². The van der Waals surface area contributed by atoms with Crippen molar-refractivity contribution >= 4 is 29.4 Å². The van der Waals surface area contributed by atoms with Crippen LogP contribution in [0.25, 0.3) is 0 Å². The maximum atomic E-state index is 12.7. The van der Waals surface area contributed by atoms with Crippen LogP contribution in [-0.2, 0) is 16.0 Å². The van der Waals surface area contributed by atoms with E-state index in [2.05, 4.69) is 5.32 Å². The molecule has 1 atom stereocenters. The zero-order chi connectivity index (χ0) is 19.5. The van der Waals surface area contributed by atoms with Crippen LogP contribution in [0.4, 0.5) is 4.79 Å². The number of amides is 2. The number of hydrogen-bond donors (Lipinski definition) is 2. The summed E-state index contributed by atoms with van der Waals surface area (Å²) >= 11 is 6.21. The van der Waals surface area contributed by atoms with Crippen molar-refractivity contribution in [2.75, 3.05) is 0 Å². The first-order valence-electron chi connectivity index (χ1n) is 8.68. The lowest BCUT2D eigenvalue weighted by atomic mass is 9.88. The van der Waals surface area contributed by atoms with Crippen molar-refractivity contribution in [2.45, 2.75) is 58.1 Å². The number of Topliss-reactive ketones (excluding diaryl/α,β-unsaturated/α-hetero) is 1. The molecule has 2 rings (SSSR count). The molecule has 1 aromatic rings. The maximum Gasteiger partial charge on any atom is 0.405 e. The highest BCUT2D eigenvalue weighted by molar-refractivity contribution is 6.34. The first-order valence-corrected chi connectivity index (χ1v) is 9.06. The molecule has 0 spiro atoms. The lowest BCUT2D eigenvalue weighted by Gasteiger charge is -2.26. The number of ether oxygens (including phenoxy) is 1. The molecule has 1 aromatic carbocycles. The third kappa shape index (κ3) is 5.73. The molecule has 0 radical (unpaired) electrons. The molecule has 1 aliphatic rings. The SMILES string of the molecule is C[C@@H](CC(C)(C)OC(N)=O)C(=O)Cc1cccc(Cl)c1C(=O)NC1CC1. The van der Waals surface area contributed by atoms with Crippen molar-refractivity contribution in [1.29, 1.82) is 0 Å². The number of ketones is 1. The summed E-state index contributed by atoms with van der Waals surface area (Å²) in [4.78, 5) is 36.1. The highest BCUT2D eigenvalue weighted by atomic mass is 35.5. The van der Waals surface area contributed by atoms with Gasteiger partial charge in [0.15, 0.2) is 0 Å². The van der Waals surface area contributed by atoms with E-state index >= 15 is 0 Å². The van der Waals surface area contributed by atoms with Gasteiger partial charge in [0.25, 0.3) is 5.91 Å². The molecule has 0 unspecified atom stereocenters. The molecule has 26 heavy (non-hydrogen) atoms. The molecule has 7 heteroatoms. The van der Waals surface area contributed by atoms with Crippen LogP contribution in [0.15, 0.2) is 18.2 Å². The number of hydrogen-bond acceptors (Lipinski definition) is 4. The van der Waals surface area contributed by atoms with Crippen molar-refractivity contribution in [2.24, 2.45) is 11.7 Å². The van der Waals surface area contributed by atoms with Gasteiger partial charge in [-0.25, -0.2) is 4.79 Å². The van der Waals surface area contributed by atoms with Crippen molar-refractivity contribution in [3.05, 3.63) is 34.3 Å². The van der Waals surface area contributed by atoms with Crippen LogP contribution in [0.3, 0.4) is 0 Å². The van der Waals surface area contributed by atoms with Crippen LogP contribution in [0.2, 0.25) is 5.02 Å². The van der Waals surface area contributed by atoms with Gasteiger partial charge < -0.3 is 15.8 Å². The van der Waals surface area contributed by atoms with Crippen molar-refractivity contribution < 1.29 is 19.1 Å². The molecule has 6 nitrogen and oxygen atoms in total. The van der Waals surface area contributed by atoms with Gasteiger partial charge in [0.05, 0.1) is 10.6 Å². The number of carbonyl (C=O) groups excluding carboxylic acids is 3. The van der Waals surface area contributed by atoms with Gasteiger partial charge in [0.1, 0.15) is 11.4 Å². The minimum atomic E-state index is -0.872. The smallest absolute Gasteiger partial charge is 0.405 e. The number of rotatable bonds is 8. The van der Waals surface area contributed by atoms with E-state index in [1.54, 1.807) is 39.0 Å². The quantitative estimate of drug-likeness (QED) is 0.723. The average Bonchev–Trinajstić information content (AvgIpc) is 3.28. The van der Waals surface area contributed by atoms with Gasteiger partial charge in [0.2, 0.25) is 0 Å². The molecule has 0 heterocycles. The van der Waals surface area contributed by atoms with Gasteiger partial charge in [-0.05, 0) is 44.7 Å². The Morgan fingerprint density at radius 2 is 2.00 bits per heavy atom. The summed E-state index contributed by atoms with van der Waals surface area (Å²) in [6, 6.07) is 5.31. The molecule has 142 valence electrons. The fourth-order valence-corrected chi connectivity index (χ4v) is 3.26. The van der Waals surface area contributed by atoms with Crippen LogP contribution < -0.4 is 11.1 Å². The van der Waals surface area contributed by atoms with E-state index in [9.17, 15) is 14.4 Å². The van der Waals surface area contributed by atoms with Gasteiger partial charge >= 0.3 is 6.09 Å². The molecule has 0 saturated heterocycles. The topological polar surface area (TPSA) is 98.5 Å². The Kier molecular flexibility index (Phi) is 6.29. The Hall–Kier alpha value is -2.08. The summed E-state index contributed by atoms with van der Waals surface area (Å²) in [6.07, 6.45) is 1.48. The maximum absolute atomic E-state index is 12.7. The van der Waals surface area contributed by atoms with E-state index in [4.69, 9.17) is 22.1 Å². The third-order valence-corrected chi connectivity index (χ3v) is 4.64. The van der Waals surface area contributed by atoms with Gasteiger partial charge in [-0.1, -0.05) is 30.7 Å². The molecule has 0 bridgehead atoms. The predicted octanol–water partition coefficient (Wildman–Crippen LogP) is 3.24. The number of carbonyl (C=O) groups is 3. The second-order valence-electron chi connectivity index (χ2n) is 7.45. The van der Waals surface area contributed by atoms with E-state index in [0.717, 1.165) is 12.8 Å². The van der Waals surface area contributed by atoms with E-state index in [-0.39, 0.29) is 30.1 Å². The number of halogens is 1. The number of benzene rings is 1. The minimum Gasteiger partial charge on any atom is -0.444 e. The molecule has 1 aliphatic carbocycles. The van der Waals surface area contributed by atoms with Crippen LogP contribution in [0.5, 0.6) is 0 Å². The van der Waals surface area contributed by atoms with Crippen LogP contribution in [0.1, 0.15) is 56.0 Å². The van der Waals surface area contributed by atoms with E-state index in [1.165, 1.54) is 0 Å². The van der Waals surface area contributed by atoms with E-state index < -0.39 is 11.7 Å². The van der Waals surface area contributed by atoms with Crippen molar-refractivity contribution in [1.82, 2.24) is 5.32 Å². The summed E-state index contributed by atoms with van der Waals surface area (Å²) in [5.41, 5.74) is 5.17. The Morgan fingerprint density at radius 1 is 1.35 bits per heavy atom. The summed E-state index contributed by atoms with van der Waals surface area (Å²) < 4.78 is 5.04. The molecule has 3 N–H and O–H groups in total. The summed E-state index contributed by atoms with van der Waals surface area (Å²) in [5, 5.41) is 3.24. The number of nitrogens with one attached hydrogen (secondary N) is 1. The summed E-state index contributed by atoms with van der Waals surface area (Å²) in [7, 11) is 0. The normalized spacial score (nSPS) is 15.2. The van der Waals surface area contributed by atoms with E-state index in [0.29, 0.717) is 22.6 Å². The molecular formula is C19H25ClN2O4. The standard InChI is InChI=1S/C19H25ClN2O4/c1-11(10-19(2,3)26-18(21)25)15(23)9-12-5-4-6-14(20)16(12)17(24)22-13-7-8-13/h4-6,11,13H,7-10H2,1-3H3,(H2,21,25)(H,22,24)/t11-/m0/s1. The van der Waals surface area contributed by atoms with Gasteiger partial charge in [-0.3, -0.25) is 9.59 Å². The van der Waals surface area contributed by atoms with Gasteiger partial charge in [0, 0.05) is 18.4 Å². The van der Waals surface area contributed by atoms with Gasteiger partial charge in [-0.15, -0.1) is 0 Å². The predicted molar refractivity (Wildman–Crippen MR) is 99.2 cm³/mol. The lowest BCUT2D eigenvalue weighted by molar-refractivity contribution is -0.123. The van der Waals surface area contributed by atoms with Crippen LogP contribution in [0, 0.1) is 5.92 Å².